The van der Waals surface area contributed by atoms with Crippen molar-refractivity contribution < 1.29 is 24.2 Å². The molecule has 1 N–H and O–H groups in total. The largest absolute Gasteiger partial charge is 0.479 e. The zero-order valence-corrected chi connectivity index (χ0v) is 14.7. The van der Waals surface area contributed by atoms with Crippen LogP contribution in [0.2, 0.25) is 0 Å². The lowest BCUT2D eigenvalue weighted by Crippen LogP contribution is -2.55. The molecule has 3 heterocycles. The highest BCUT2D eigenvalue weighted by Gasteiger charge is 2.38. The molecule has 3 rings (SSSR count). The van der Waals surface area contributed by atoms with Crippen LogP contribution in [-0.2, 0) is 14.3 Å². The summed E-state index contributed by atoms with van der Waals surface area (Å²) in [7, 11) is 0. The summed E-state index contributed by atoms with van der Waals surface area (Å²) in [6, 6.07) is 0.0359. The first-order chi connectivity index (χ1) is 12.0. The molecule has 25 heavy (non-hydrogen) atoms. The number of hydrogen-bond acceptors (Lipinski definition) is 4. The van der Waals surface area contributed by atoms with Crippen LogP contribution in [0.25, 0.3) is 0 Å². The number of carbonyl (C=O) groups is 3. The fourth-order valence-corrected chi connectivity index (χ4v) is 3.99. The van der Waals surface area contributed by atoms with Crippen molar-refractivity contribution in [3.8, 4) is 0 Å². The summed E-state index contributed by atoms with van der Waals surface area (Å²) in [5, 5.41) is 9.18. The highest BCUT2D eigenvalue weighted by molar-refractivity contribution is 5.82. The van der Waals surface area contributed by atoms with Gasteiger partial charge in [0.2, 0.25) is 5.91 Å². The molecule has 3 atom stereocenters. The molecule has 3 amide bonds. The Morgan fingerprint density at radius 2 is 1.60 bits per heavy atom. The maximum Gasteiger partial charge on any atom is 0.334 e. The van der Waals surface area contributed by atoms with Gasteiger partial charge in [0.1, 0.15) is 0 Å². The van der Waals surface area contributed by atoms with Gasteiger partial charge in [-0.2, -0.15) is 0 Å². The Hall–Kier alpha value is -1.83. The van der Waals surface area contributed by atoms with Crippen LogP contribution in [0.4, 0.5) is 4.79 Å². The van der Waals surface area contributed by atoms with E-state index in [9.17, 15) is 19.5 Å². The maximum atomic E-state index is 12.9. The molecule has 140 valence electrons. The number of ether oxygens (including phenoxy) is 1. The van der Waals surface area contributed by atoms with E-state index in [2.05, 4.69) is 0 Å². The smallest absolute Gasteiger partial charge is 0.334 e. The van der Waals surface area contributed by atoms with E-state index in [1.807, 2.05) is 4.90 Å². The van der Waals surface area contributed by atoms with Gasteiger partial charge in [-0.25, -0.2) is 9.59 Å². The van der Waals surface area contributed by atoms with Crippen molar-refractivity contribution in [1.82, 2.24) is 14.7 Å². The minimum atomic E-state index is -1.04. The van der Waals surface area contributed by atoms with Crippen molar-refractivity contribution in [2.45, 2.75) is 44.8 Å². The van der Waals surface area contributed by atoms with Gasteiger partial charge in [-0.1, -0.05) is 0 Å². The van der Waals surface area contributed by atoms with Gasteiger partial charge in [0.15, 0.2) is 6.10 Å². The van der Waals surface area contributed by atoms with E-state index in [4.69, 9.17) is 4.74 Å². The number of likely N-dealkylation sites (tertiary alicyclic amines) is 2. The Kier molecular flexibility index (Phi) is 5.46. The molecular formula is C17H27N3O5. The number of hydrogen-bond donors (Lipinski definition) is 1. The lowest BCUT2D eigenvalue weighted by molar-refractivity contribution is -0.168. The highest BCUT2D eigenvalue weighted by atomic mass is 16.5. The number of morpholine rings is 1. The van der Waals surface area contributed by atoms with Crippen molar-refractivity contribution in [3.05, 3.63) is 0 Å². The molecule has 3 aliphatic rings. The summed E-state index contributed by atoms with van der Waals surface area (Å²) in [6.07, 6.45) is 2.36. The Balaban J connectivity index is 1.61. The number of aliphatic carboxylic acids is 1. The van der Waals surface area contributed by atoms with Crippen LogP contribution in [0.1, 0.15) is 32.6 Å². The first kappa shape index (κ1) is 18.0. The molecular weight excluding hydrogens is 326 g/mol. The number of amides is 3. The average molecular weight is 353 g/mol. The van der Waals surface area contributed by atoms with Crippen molar-refractivity contribution >= 4 is 17.9 Å². The summed E-state index contributed by atoms with van der Waals surface area (Å²) < 4.78 is 5.38. The van der Waals surface area contributed by atoms with E-state index in [0.717, 1.165) is 38.8 Å². The van der Waals surface area contributed by atoms with Crippen LogP contribution in [-0.4, -0.2) is 89.2 Å². The minimum Gasteiger partial charge on any atom is -0.479 e. The molecule has 0 saturated carbocycles. The second-order valence-electron chi connectivity index (χ2n) is 7.28. The Bertz CT molecular complexity index is 534. The zero-order chi connectivity index (χ0) is 18.0. The molecule has 0 aromatic carbocycles. The number of piperidine rings is 1. The van der Waals surface area contributed by atoms with Crippen molar-refractivity contribution in [3.63, 3.8) is 0 Å². The Morgan fingerprint density at radius 3 is 2.28 bits per heavy atom. The third kappa shape index (κ3) is 4.05. The topological polar surface area (TPSA) is 90.4 Å². The van der Waals surface area contributed by atoms with E-state index in [-0.39, 0.29) is 30.5 Å². The first-order valence-electron chi connectivity index (χ1n) is 9.16. The summed E-state index contributed by atoms with van der Waals surface area (Å²) in [4.78, 5) is 41.9. The van der Waals surface area contributed by atoms with Gasteiger partial charge >= 0.3 is 12.0 Å². The standard InChI is InChI=1S/C17H27N3O5/c1-12-9-20(11-14(25-12)16(22)23)15(21)13-5-4-8-19(10-13)17(24)18-6-2-3-7-18/h12-14H,2-11H2,1H3,(H,22,23)/t12-,13?,14?/m1/s1. The lowest BCUT2D eigenvalue weighted by atomic mass is 9.96. The molecule has 0 spiro atoms. The van der Waals surface area contributed by atoms with Gasteiger partial charge in [-0.3, -0.25) is 4.79 Å². The quantitative estimate of drug-likeness (QED) is 0.786. The van der Waals surface area contributed by atoms with Crippen molar-refractivity contribution in [2.75, 3.05) is 39.3 Å². The van der Waals surface area contributed by atoms with Crippen LogP contribution in [0, 0.1) is 5.92 Å². The van der Waals surface area contributed by atoms with Gasteiger partial charge in [0.25, 0.3) is 0 Å². The molecule has 2 unspecified atom stereocenters. The Morgan fingerprint density at radius 1 is 0.920 bits per heavy atom. The third-order valence-corrected chi connectivity index (χ3v) is 5.27. The van der Waals surface area contributed by atoms with Crippen LogP contribution in [0.15, 0.2) is 0 Å². The molecule has 3 aliphatic heterocycles. The maximum absolute atomic E-state index is 12.9. The Labute approximate surface area is 147 Å². The highest BCUT2D eigenvalue weighted by Crippen LogP contribution is 2.23. The summed E-state index contributed by atoms with van der Waals surface area (Å²) >= 11 is 0. The molecule has 8 heteroatoms. The van der Waals surface area contributed by atoms with E-state index in [0.29, 0.717) is 19.6 Å². The number of rotatable bonds is 2. The lowest BCUT2D eigenvalue weighted by Gasteiger charge is -2.40. The zero-order valence-electron chi connectivity index (χ0n) is 14.7. The van der Waals surface area contributed by atoms with Crippen molar-refractivity contribution in [1.29, 1.82) is 0 Å². The van der Waals surface area contributed by atoms with Gasteiger partial charge in [0.05, 0.1) is 18.6 Å². The predicted molar refractivity (Wildman–Crippen MR) is 89.1 cm³/mol. The number of carboxylic acid groups (broad SMARTS) is 1. The third-order valence-electron chi connectivity index (χ3n) is 5.27. The molecule has 3 fully saturated rings. The summed E-state index contributed by atoms with van der Waals surface area (Å²) in [5.74, 6) is -1.35. The van der Waals surface area contributed by atoms with Crippen LogP contribution in [0.5, 0.6) is 0 Å². The van der Waals surface area contributed by atoms with Crippen LogP contribution in [0.3, 0.4) is 0 Å². The second-order valence-corrected chi connectivity index (χ2v) is 7.28. The predicted octanol–water partition coefficient (Wildman–Crippen LogP) is 0.615. The summed E-state index contributed by atoms with van der Waals surface area (Å²) in [6.45, 7) is 4.98. The molecule has 0 aliphatic carbocycles. The van der Waals surface area contributed by atoms with Gasteiger partial charge < -0.3 is 24.5 Å². The summed E-state index contributed by atoms with van der Waals surface area (Å²) in [5.41, 5.74) is 0. The van der Waals surface area contributed by atoms with E-state index >= 15 is 0 Å². The first-order valence-corrected chi connectivity index (χ1v) is 9.16. The number of nitrogens with zero attached hydrogens (tertiary/aromatic N) is 3. The number of carboxylic acids is 1. The fraction of sp³-hybridized carbons (Fsp3) is 0.824. The van der Waals surface area contributed by atoms with E-state index < -0.39 is 12.1 Å². The fourth-order valence-electron chi connectivity index (χ4n) is 3.99. The monoisotopic (exact) mass is 353 g/mol. The van der Waals surface area contributed by atoms with Gasteiger partial charge in [-0.05, 0) is 32.6 Å². The minimum absolute atomic E-state index is 0.0359. The number of carbonyl (C=O) groups excluding carboxylic acids is 2. The molecule has 0 bridgehead atoms. The van der Waals surface area contributed by atoms with E-state index in [1.54, 1.807) is 16.7 Å². The van der Waals surface area contributed by atoms with Gasteiger partial charge in [-0.15, -0.1) is 0 Å². The SMILES string of the molecule is C[C@@H]1CN(C(=O)C2CCCN(C(=O)N3CCCC3)C2)CC(C(=O)O)O1. The normalized spacial score (nSPS) is 30.4. The second kappa shape index (κ2) is 7.59. The average Bonchev–Trinajstić information content (AvgIpc) is 3.14. The molecule has 8 nitrogen and oxygen atoms in total. The van der Waals surface area contributed by atoms with Crippen LogP contribution >= 0.6 is 0 Å². The van der Waals surface area contributed by atoms with Gasteiger partial charge in [0, 0.05) is 32.7 Å². The molecule has 0 aromatic heterocycles. The van der Waals surface area contributed by atoms with Crippen molar-refractivity contribution in [2.24, 2.45) is 5.92 Å². The number of urea groups is 1. The molecule has 0 aromatic rings. The van der Waals surface area contributed by atoms with Crippen LogP contribution < -0.4 is 0 Å². The molecule has 3 saturated heterocycles. The van der Waals surface area contributed by atoms with E-state index in [1.165, 1.54) is 0 Å². The molecule has 0 radical (unpaired) electrons.